The molecule has 0 aliphatic carbocycles. The molecule has 6 heteroatoms. The van der Waals surface area contributed by atoms with Gasteiger partial charge in [0.2, 0.25) is 15.9 Å². The summed E-state index contributed by atoms with van der Waals surface area (Å²) in [5.74, 6) is -0.0409. The van der Waals surface area contributed by atoms with Gasteiger partial charge in [-0.25, -0.2) is 13.1 Å². The summed E-state index contributed by atoms with van der Waals surface area (Å²) in [7, 11) is -3.47. The van der Waals surface area contributed by atoms with E-state index in [4.69, 9.17) is 0 Å². The van der Waals surface area contributed by atoms with Crippen LogP contribution in [-0.2, 0) is 14.8 Å². The van der Waals surface area contributed by atoms with Crippen LogP contribution in [0.1, 0.15) is 46.5 Å². The SMILES string of the molecule is CCCCNS(=O)(=O)c1ccc(NC(=O)C(CC)CC)cc1. The Bertz CT molecular complexity index is 564. The minimum atomic E-state index is -3.47. The first-order chi connectivity index (χ1) is 10.4. The van der Waals surface area contributed by atoms with Crippen LogP contribution in [0, 0.1) is 5.92 Å². The molecular formula is C16H26N2O3S. The molecule has 0 radical (unpaired) electrons. The van der Waals surface area contributed by atoms with Crippen molar-refractivity contribution in [3.8, 4) is 0 Å². The van der Waals surface area contributed by atoms with E-state index in [-0.39, 0.29) is 16.7 Å². The first-order valence-electron chi connectivity index (χ1n) is 7.85. The third-order valence-corrected chi connectivity index (χ3v) is 5.09. The molecule has 0 bridgehead atoms. The van der Waals surface area contributed by atoms with Gasteiger partial charge >= 0.3 is 0 Å². The zero-order valence-electron chi connectivity index (χ0n) is 13.6. The van der Waals surface area contributed by atoms with Crippen LogP contribution >= 0.6 is 0 Å². The first kappa shape index (κ1) is 18.6. The highest BCUT2D eigenvalue weighted by Gasteiger charge is 2.16. The number of carbonyl (C=O) groups is 1. The Morgan fingerprint density at radius 3 is 2.18 bits per heavy atom. The van der Waals surface area contributed by atoms with Crippen LogP contribution in [0.2, 0.25) is 0 Å². The molecule has 0 aromatic heterocycles. The quantitative estimate of drug-likeness (QED) is 0.685. The lowest BCUT2D eigenvalue weighted by atomic mass is 10.0. The van der Waals surface area contributed by atoms with Gasteiger partial charge in [-0.05, 0) is 43.5 Å². The number of hydrogen-bond donors (Lipinski definition) is 2. The Balaban J connectivity index is 2.72. The molecule has 0 heterocycles. The minimum Gasteiger partial charge on any atom is -0.326 e. The van der Waals surface area contributed by atoms with Gasteiger partial charge in [-0.15, -0.1) is 0 Å². The lowest BCUT2D eigenvalue weighted by Crippen LogP contribution is -2.25. The van der Waals surface area contributed by atoms with Crippen LogP contribution in [0.5, 0.6) is 0 Å². The molecule has 0 spiro atoms. The highest BCUT2D eigenvalue weighted by molar-refractivity contribution is 7.89. The predicted molar refractivity (Wildman–Crippen MR) is 89.2 cm³/mol. The highest BCUT2D eigenvalue weighted by atomic mass is 32.2. The molecule has 5 nitrogen and oxygen atoms in total. The Labute approximate surface area is 133 Å². The number of anilines is 1. The molecule has 124 valence electrons. The molecule has 0 saturated heterocycles. The molecule has 0 saturated carbocycles. The maximum atomic E-state index is 12.0. The summed E-state index contributed by atoms with van der Waals surface area (Å²) in [4.78, 5) is 12.2. The third-order valence-electron chi connectivity index (χ3n) is 3.61. The van der Waals surface area contributed by atoms with E-state index in [2.05, 4.69) is 10.0 Å². The maximum absolute atomic E-state index is 12.0. The van der Waals surface area contributed by atoms with Crippen LogP contribution in [0.25, 0.3) is 0 Å². The Kier molecular flexibility index (Phi) is 7.55. The van der Waals surface area contributed by atoms with Gasteiger partial charge < -0.3 is 5.32 Å². The van der Waals surface area contributed by atoms with Gasteiger partial charge in [-0.3, -0.25) is 4.79 Å². The van der Waals surface area contributed by atoms with E-state index in [9.17, 15) is 13.2 Å². The summed E-state index contributed by atoms with van der Waals surface area (Å²) >= 11 is 0. The fourth-order valence-corrected chi connectivity index (χ4v) is 3.16. The summed E-state index contributed by atoms with van der Waals surface area (Å²) in [6.07, 6.45) is 3.32. The molecule has 1 amide bonds. The van der Waals surface area contributed by atoms with Crippen molar-refractivity contribution in [3.05, 3.63) is 24.3 Å². The van der Waals surface area contributed by atoms with E-state index in [1.807, 2.05) is 20.8 Å². The van der Waals surface area contributed by atoms with Crippen molar-refractivity contribution in [1.29, 1.82) is 0 Å². The molecule has 0 fully saturated rings. The summed E-state index contributed by atoms with van der Waals surface area (Å²) in [6.45, 7) is 6.40. The van der Waals surface area contributed by atoms with Crippen LogP contribution in [-0.4, -0.2) is 20.9 Å². The van der Waals surface area contributed by atoms with Crippen LogP contribution in [0.4, 0.5) is 5.69 Å². The van der Waals surface area contributed by atoms with Crippen molar-refractivity contribution in [2.24, 2.45) is 5.92 Å². The van der Waals surface area contributed by atoms with Crippen LogP contribution in [0.3, 0.4) is 0 Å². The van der Waals surface area contributed by atoms with E-state index in [1.165, 1.54) is 12.1 Å². The second kappa shape index (κ2) is 8.90. The molecule has 0 aliphatic rings. The number of unbranched alkanes of at least 4 members (excludes halogenated alkanes) is 1. The average Bonchev–Trinajstić information content (AvgIpc) is 2.49. The van der Waals surface area contributed by atoms with Crippen molar-refractivity contribution >= 4 is 21.6 Å². The van der Waals surface area contributed by atoms with Gasteiger partial charge in [0.15, 0.2) is 0 Å². The van der Waals surface area contributed by atoms with Crippen LogP contribution in [0.15, 0.2) is 29.2 Å². The largest absolute Gasteiger partial charge is 0.326 e. The Morgan fingerprint density at radius 2 is 1.68 bits per heavy atom. The number of benzene rings is 1. The zero-order valence-corrected chi connectivity index (χ0v) is 14.4. The second-order valence-electron chi connectivity index (χ2n) is 5.28. The molecule has 1 aromatic carbocycles. The smallest absolute Gasteiger partial charge is 0.240 e. The van der Waals surface area contributed by atoms with E-state index in [1.54, 1.807) is 12.1 Å². The number of amides is 1. The molecule has 1 aromatic rings. The second-order valence-corrected chi connectivity index (χ2v) is 7.05. The van der Waals surface area contributed by atoms with E-state index < -0.39 is 10.0 Å². The predicted octanol–water partition coefficient (Wildman–Crippen LogP) is 3.14. The number of hydrogen-bond acceptors (Lipinski definition) is 3. The molecule has 0 aliphatic heterocycles. The molecule has 2 N–H and O–H groups in total. The first-order valence-corrected chi connectivity index (χ1v) is 9.33. The highest BCUT2D eigenvalue weighted by Crippen LogP contribution is 2.16. The summed E-state index contributed by atoms with van der Waals surface area (Å²) < 4.78 is 26.6. The van der Waals surface area contributed by atoms with Crippen molar-refractivity contribution in [2.75, 3.05) is 11.9 Å². The molecular weight excluding hydrogens is 300 g/mol. The van der Waals surface area contributed by atoms with E-state index in [0.717, 1.165) is 25.7 Å². The lowest BCUT2D eigenvalue weighted by molar-refractivity contribution is -0.120. The van der Waals surface area contributed by atoms with Crippen molar-refractivity contribution < 1.29 is 13.2 Å². The number of sulfonamides is 1. The normalized spacial score (nSPS) is 11.6. The standard InChI is InChI=1S/C16H26N2O3S/c1-4-7-12-17-22(20,21)15-10-8-14(9-11-15)18-16(19)13(5-2)6-3/h8-11,13,17H,4-7,12H2,1-3H3,(H,18,19). The lowest BCUT2D eigenvalue weighted by Gasteiger charge is -2.13. The average molecular weight is 326 g/mol. The van der Waals surface area contributed by atoms with Crippen LogP contribution < -0.4 is 10.0 Å². The van der Waals surface area contributed by atoms with Gasteiger partial charge in [0.05, 0.1) is 4.90 Å². The number of nitrogens with one attached hydrogen (secondary N) is 2. The van der Waals surface area contributed by atoms with E-state index >= 15 is 0 Å². The molecule has 0 unspecified atom stereocenters. The monoisotopic (exact) mass is 326 g/mol. The molecule has 0 atom stereocenters. The number of rotatable bonds is 9. The van der Waals surface area contributed by atoms with Crippen molar-refractivity contribution in [1.82, 2.24) is 4.72 Å². The third kappa shape index (κ3) is 5.42. The van der Waals surface area contributed by atoms with E-state index in [0.29, 0.717) is 12.2 Å². The topological polar surface area (TPSA) is 75.3 Å². The van der Waals surface area contributed by atoms with Gasteiger partial charge in [-0.1, -0.05) is 27.2 Å². The Hall–Kier alpha value is -1.40. The Morgan fingerprint density at radius 1 is 1.09 bits per heavy atom. The summed E-state index contributed by atoms with van der Waals surface area (Å²) in [5, 5.41) is 2.82. The van der Waals surface area contributed by atoms with Gasteiger partial charge in [0, 0.05) is 18.2 Å². The van der Waals surface area contributed by atoms with Gasteiger partial charge in [0.25, 0.3) is 0 Å². The fourth-order valence-electron chi connectivity index (χ4n) is 2.09. The van der Waals surface area contributed by atoms with Gasteiger partial charge in [-0.2, -0.15) is 0 Å². The summed E-state index contributed by atoms with van der Waals surface area (Å²) in [6, 6.07) is 6.26. The molecule has 22 heavy (non-hydrogen) atoms. The van der Waals surface area contributed by atoms with Crippen molar-refractivity contribution in [2.45, 2.75) is 51.3 Å². The number of carbonyl (C=O) groups excluding carboxylic acids is 1. The maximum Gasteiger partial charge on any atom is 0.240 e. The van der Waals surface area contributed by atoms with Gasteiger partial charge in [0.1, 0.15) is 0 Å². The van der Waals surface area contributed by atoms with Crippen molar-refractivity contribution in [3.63, 3.8) is 0 Å². The zero-order chi connectivity index (χ0) is 16.6. The fraction of sp³-hybridized carbons (Fsp3) is 0.562. The summed E-state index contributed by atoms with van der Waals surface area (Å²) in [5.41, 5.74) is 0.615. The minimum absolute atomic E-state index is 0.0147. The molecule has 1 rings (SSSR count).